The molecular formula is C17H28N2S. The molecule has 1 aromatic heterocycles. The van der Waals surface area contributed by atoms with E-state index in [0.29, 0.717) is 5.54 Å². The van der Waals surface area contributed by atoms with Gasteiger partial charge in [0.05, 0.1) is 0 Å². The molecule has 2 fully saturated rings. The fraction of sp³-hybridized carbons (Fsp3) is 0.765. The molecule has 2 heterocycles. The van der Waals surface area contributed by atoms with Crippen LogP contribution < -0.4 is 5.32 Å². The van der Waals surface area contributed by atoms with Gasteiger partial charge in [-0.25, -0.2) is 0 Å². The second-order valence-corrected chi connectivity index (χ2v) is 8.03. The summed E-state index contributed by atoms with van der Waals surface area (Å²) in [4.78, 5) is 5.81. The van der Waals surface area contributed by atoms with Gasteiger partial charge in [0.1, 0.15) is 0 Å². The Bertz CT molecular complexity index is 452. The molecule has 0 spiro atoms. The standard InChI is InChI=1S/C17H28N2S/c1-4-14-8-9-15(20-14)10-19-11-16(13-6-7-13)18-12-17(19,3)5-2/h8-9,13,16,18H,4-7,10-12H2,1-3H3. The van der Waals surface area contributed by atoms with Crippen LogP contribution in [0.1, 0.15) is 49.8 Å². The van der Waals surface area contributed by atoms with Crippen LogP contribution in [0.15, 0.2) is 12.1 Å². The van der Waals surface area contributed by atoms with E-state index in [4.69, 9.17) is 0 Å². The third-order valence-corrected chi connectivity index (χ3v) is 6.51. The molecule has 0 aromatic carbocycles. The van der Waals surface area contributed by atoms with E-state index >= 15 is 0 Å². The van der Waals surface area contributed by atoms with E-state index in [1.807, 2.05) is 11.3 Å². The summed E-state index contributed by atoms with van der Waals surface area (Å²) in [6.45, 7) is 10.5. The van der Waals surface area contributed by atoms with Crippen molar-refractivity contribution in [2.24, 2.45) is 5.92 Å². The second-order valence-electron chi connectivity index (χ2n) is 6.78. The average Bonchev–Trinajstić information content (AvgIpc) is 3.21. The van der Waals surface area contributed by atoms with Crippen LogP contribution in [0.25, 0.3) is 0 Å². The van der Waals surface area contributed by atoms with Gasteiger partial charge in [-0.3, -0.25) is 4.90 Å². The number of nitrogens with zero attached hydrogens (tertiary/aromatic N) is 1. The Morgan fingerprint density at radius 1 is 1.30 bits per heavy atom. The first-order chi connectivity index (χ1) is 9.64. The van der Waals surface area contributed by atoms with Crippen molar-refractivity contribution in [2.75, 3.05) is 13.1 Å². The number of rotatable bonds is 5. The quantitative estimate of drug-likeness (QED) is 0.891. The van der Waals surface area contributed by atoms with Gasteiger partial charge < -0.3 is 5.32 Å². The van der Waals surface area contributed by atoms with Crippen LogP contribution >= 0.6 is 11.3 Å². The second kappa shape index (κ2) is 5.78. The molecule has 1 N–H and O–H groups in total. The molecule has 2 atom stereocenters. The van der Waals surface area contributed by atoms with Crippen molar-refractivity contribution >= 4 is 11.3 Å². The first-order valence-corrected chi connectivity index (χ1v) is 9.02. The van der Waals surface area contributed by atoms with Crippen molar-refractivity contribution in [3.63, 3.8) is 0 Å². The van der Waals surface area contributed by atoms with E-state index in [9.17, 15) is 0 Å². The Morgan fingerprint density at radius 2 is 2.05 bits per heavy atom. The van der Waals surface area contributed by atoms with Crippen molar-refractivity contribution in [3.8, 4) is 0 Å². The molecule has 1 aromatic rings. The van der Waals surface area contributed by atoms with Crippen molar-refractivity contribution in [2.45, 2.75) is 64.6 Å². The van der Waals surface area contributed by atoms with Crippen LogP contribution in [0.5, 0.6) is 0 Å². The number of nitrogens with one attached hydrogen (secondary N) is 1. The molecule has 0 bridgehead atoms. The first kappa shape index (κ1) is 14.6. The lowest BCUT2D eigenvalue weighted by Gasteiger charge is -2.48. The maximum Gasteiger partial charge on any atom is 0.0334 e. The average molecular weight is 292 g/mol. The van der Waals surface area contributed by atoms with Crippen LogP contribution in [0.4, 0.5) is 0 Å². The molecule has 0 amide bonds. The Hall–Kier alpha value is -0.380. The van der Waals surface area contributed by atoms with Gasteiger partial charge in [-0.1, -0.05) is 13.8 Å². The summed E-state index contributed by atoms with van der Waals surface area (Å²) in [5.41, 5.74) is 0.321. The number of piperazine rings is 1. The van der Waals surface area contributed by atoms with E-state index < -0.39 is 0 Å². The number of hydrogen-bond donors (Lipinski definition) is 1. The molecule has 0 radical (unpaired) electrons. The molecule has 1 aliphatic carbocycles. The summed E-state index contributed by atoms with van der Waals surface area (Å²) in [5.74, 6) is 0.952. The molecule has 2 nitrogen and oxygen atoms in total. The topological polar surface area (TPSA) is 15.3 Å². The summed E-state index contributed by atoms with van der Waals surface area (Å²) in [5, 5.41) is 3.82. The summed E-state index contributed by atoms with van der Waals surface area (Å²) in [7, 11) is 0. The predicted octanol–water partition coefficient (Wildman–Crippen LogP) is 3.66. The van der Waals surface area contributed by atoms with Crippen LogP contribution in [-0.2, 0) is 13.0 Å². The van der Waals surface area contributed by atoms with E-state index in [-0.39, 0.29) is 0 Å². The minimum absolute atomic E-state index is 0.321. The van der Waals surface area contributed by atoms with E-state index in [0.717, 1.165) is 25.0 Å². The Labute approximate surface area is 127 Å². The SMILES string of the molecule is CCc1ccc(CN2CC(C3CC3)NCC2(C)CC)s1. The molecule has 112 valence electrons. The lowest BCUT2D eigenvalue weighted by atomic mass is 9.91. The highest BCUT2D eigenvalue weighted by atomic mass is 32.1. The van der Waals surface area contributed by atoms with Crippen LogP contribution in [0.2, 0.25) is 0 Å². The molecule has 1 saturated heterocycles. The van der Waals surface area contributed by atoms with E-state index in [2.05, 4.69) is 43.1 Å². The third kappa shape index (κ3) is 2.95. The summed E-state index contributed by atoms with van der Waals surface area (Å²) < 4.78 is 0. The van der Waals surface area contributed by atoms with Gasteiger partial charge in [0.25, 0.3) is 0 Å². The maximum atomic E-state index is 3.82. The molecule has 2 unspecified atom stereocenters. The highest BCUT2D eigenvalue weighted by Crippen LogP contribution is 2.37. The van der Waals surface area contributed by atoms with Crippen LogP contribution in [0, 0.1) is 5.92 Å². The zero-order valence-corrected chi connectivity index (χ0v) is 13.9. The molecule has 3 heteroatoms. The van der Waals surface area contributed by atoms with Gasteiger partial charge in [-0.05, 0) is 50.7 Å². The number of aryl methyl sites for hydroxylation is 1. The van der Waals surface area contributed by atoms with E-state index in [1.165, 1.54) is 42.0 Å². The van der Waals surface area contributed by atoms with Gasteiger partial charge in [0, 0.05) is 41.0 Å². The van der Waals surface area contributed by atoms with Crippen molar-refractivity contribution in [3.05, 3.63) is 21.9 Å². The van der Waals surface area contributed by atoms with E-state index in [1.54, 1.807) is 0 Å². The summed E-state index contributed by atoms with van der Waals surface area (Å²) >= 11 is 2.00. The Kier molecular flexibility index (Phi) is 4.21. The lowest BCUT2D eigenvalue weighted by Crippen LogP contribution is -2.63. The Morgan fingerprint density at radius 3 is 2.65 bits per heavy atom. The zero-order chi connectivity index (χ0) is 14.2. The molecule has 2 aliphatic rings. The molecule has 1 aliphatic heterocycles. The van der Waals surface area contributed by atoms with Gasteiger partial charge in [0.2, 0.25) is 0 Å². The molecular weight excluding hydrogens is 264 g/mol. The molecule has 20 heavy (non-hydrogen) atoms. The third-order valence-electron chi connectivity index (χ3n) is 5.29. The summed E-state index contributed by atoms with van der Waals surface area (Å²) in [6.07, 6.45) is 5.27. The first-order valence-electron chi connectivity index (χ1n) is 8.20. The molecule has 1 saturated carbocycles. The van der Waals surface area contributed by atoms with Gasteiger partial charge in [0.15, 0.2) is 0 Å². The zero-order valence-electron chi connectivity index (χ0n) is 13.1. The minimum Gasteiger partial charge on any atom is -0.311 e. The minimum atomic E-state index is 0.321. The summed E-state index contributed by atoms with van der Waals surface area (Å²) in [6, 6.07) is 5.39. The van der Waals surface area contributed by atoms with Crippen LogP contribution in [-0.4, -0.2) is 29.6 Å². The normalized spacial score (nSPS) is 31.6. The fourth-order valence-corrected chi connectivity index (χ4v) is 4.26. The van der Waals surface area contributed by atoms with Crippen molar-refractivity contribution in [1.29, 1.82) is 0 Å². The smallest absolute Gasteiger partial charge is 0.0334 e. The largest absolute Gasteiger partial charge is 0.311 e. The number of hydrogen-bond acceptors (Lipinski definition) is 3. The predicted molar refractivity (Wildman–Crippen MR) is 87.3 cm³/mol. The monoisotopic (exact) mass is 292 g/mol. The number of thiophene rings is 1. The van der Waals surface area contributed by atoms with Crippen LogP contribution in [0.3, 0.4) is 0 Å². The van der Waals surface area contributed by atoms with Gasteiger partial charge in [-0.15, -0.1) is 11.3 Å². The Balaban J connectivity index is 1.71. The fourth-order valence-electron chi connectivity index (χ4n) is 3.29. The van der Waals surface area contributed by atoms with Gasteiger partial charge in [-0.2, -0.15) is 0 Å². The maximum absolute atomic E-state index is 3.82. The van der Waals surface area contributed by atoms with Crippen molar-refractivity contribution in [1.82, 2.24) is 10.2 Å². The molecule has 3 rings (SSSR count). The highest BCUT2D eigenvalue weighted by molar-refractivity contribution is 7.11. The lowest BCUT2D eigenvalue weighted by molar-refractivity contribution is 0.0378. The van der Waals surface area contributed by atoms with Crippen molar-refractivity contribution < 1.29 is 0 Å². The highest BCUT2D eigenvalue weighted by Gasteiger charge is 2.41. The van der Waals surface area contributed by atoms with Gasteiger partial charge >= 0.3 is 0 Å².